The highest BCUT2D eigenvalue weighted by Crippen LogP contribution is 2.22. The Labute approximate surface area is 116 Å². The predicted octanol–water partition coefficient (Wildman–Crippen LogP) is 3.53. The highest BCUT2D eigenvalue weighted by Gasteiger charge is 1.97. The summed E-state index contributed by atoms with van der Waals surface area (Å²) in [5.74, 6) is -0.554. The molecular formula is C15H12ClNO2. The summed E-state index contributed by atoms with van der Waals surface area (Å²) < 4.78 is 0. The fourth-order valence-corrected chi connectivity index (χ4v) is 1.76. The molecular weight excluding hydrogens is 262 g/mol. The third kappa shape index (κ3) is 3.68. The first-order chi connectivity index (χ1) is 9.19. The Morgan fingerprint density at radius 3 is 2.05 bits per heavy atom. The first-order valence-corrected chi connectivity index (χ1v) is 6.05. The van der Waals surface area contributed by atoms with Crippen molar-refractivity contribution in [2.75, 3.05) is 0 Å². The summed E-state index contributed by atoms with van der Waals surface area (Å²) in [6, 6.07) is 15.3. The van der Waals surface area contributed by atoms with E-state index in [1.807, 2.05) is 48.5 Å². The van der Waals surface area contributed by atoms with Crippen molar-refractivity contribution in [3.63, 3.8) is 0 Å². The van der Waals surface area contributed by atoms with E-state index in [9.17, 15) is 4.79 Å². The molecule has 19 heavy (non-hydrogen) atoms. The van der Waals surface area contributed by atoms with E-state index >= 15 is 0 Å². The molecule has 0 aliphatic heterocycles. The largest absolute Gasteiger partial charge is 0.288 e. The number of nitrogens with one attached hydrogen (secondary N) is 1. The van der Waals surface area contributed by atoms with Crippen LogP contribution in [0.2, 0.25) is 5.02 Å². The number of rotatable bonds is 3. The van der Waals surface area contributed by atoms with Gasteiger partial charge in [0.15, 0.2) is 0 Å². The zero-order chi connectivity index (χ0) is 13.7. The zero-order valence-electron chi connectivity index (χ0n) is 10.0. The number of benzene rings is 2. The minimum Gasteiger partial charge on any atom is -0.288 e. The fourth-order valence-electron chi connectivity index (χ4n) is 1.64. The normalized spacial score (nSPS) is 10.6. The lowest BCUT2D eigenvalue weighted by Gasteiger charge is -2.02. The fraction of sp³-hybridized carbons (Fsp3) is 0. The van der Waals surface area contributed by atoms with Gasteiger partial charge in [-0.2, -0.15) is 0 Å². The number of hydrogen-bond donors (Lipinski definition) is 2. The molecule has 0 fully saturated rings. The van der Waals surface area contributed by atoms with Crippen LogP contribution in [0.1, 0.15) is 5.56 Å². The van der Waals surface area contributed by atoms with Crippen LogP contribution in [0.4, 0.5) is 0 Å². The van der Waals surface area contributed by atoms with Gasteiger partial charge in [0.1, 0.15) is 0 Å². The first-order valence-electron chi connectivity index (χ1n) is 5.67. The van der Waals surface area contributed by atoms with Crippen molar-refractivity contribution >= 4 is 23.6 Å². The Hall–Kier alpha value is -2.10. The van der Waals surface area contributed by atoms with Crippen molar-refractivity contribution in [2.45, 2.75) is 0 Å². The number of amides is 1. The van der Waals surface area contributed by atoms with E-state index in [1.54, 1.807) is 6.08 Å². The number of hydroxylamine groups is 1. The molecule has 4 heteroatoms. The molecule has 2 aromatic rings. The SMILES string of the molecule is O=C(/C=C/c1ccc(-c2ccc(Cl)cc2)cc1)NO. The van der Waals surface area contributed by atoms with Gasteiger partial charge in [0.25, 0.3) is 5.91 Å². The van der Waals surface area contributed by atoms with Crippen LogP contribution in [0.15, 0.2) is 54.6 Å². The van der Waals surface area contributed by atoms with Crippen LogP contribution in [0.3, 0.4) is 0 Å². The lowest BCUT2D eigenvalue weighted by atomic mass is 10.0. The molecule has 0 heterocycles. The lowest BCUT2D eigenvalue weighted by Crippen LogP contribution is -2.14. The summed E-state index contributed by atoms with van der Waals surface area (Å²) >= 11 is 5.84. The maximum absolute atomic E-state index is 10.8. The molecule has 1 amide bonds. The predicted molar refractivity (Wildman–Crippen MR) is 75.9 cm³/mol. The van der Waals surface area contributed by atoms with Crippen LogP contribution in [-0.4, -0.2) is 11.1 Å². The number of carbonyl (C=O) groups is 1. The van der Waals surface area contributed by atoms with Crippen molar-refractivity contribution in [1.82, 2.24) is 5.48 Å². The number of carbonyl (C=O) groups excluding carboxylic acids is 1. The van der Waals surface area contributed by atoms with Gasteiger partial charge in [-0.05, 0) is 34.9 Å². The maximum Gasteiger partial charge on any atom is 0.267 e. The molecule has 0 aliphatic carbocycles. The Morgan fingerprint density at radius 1 is 1.00 bits per heavy atom. The minimum atomic E-state index is -0.554. The molecule has 3 nitrogen and oxygen atoms in total. The second-order valence-electron chi connectivity index (χ2n) is 3.94. The molecule has 0 bridgehead atoms. The van der Waals surface area contributed by atoms with Gasteiger partial charge in [-0.25, -0.2) is 5.48 Å². The van der Waals surface area contributed by atoms with Crippen LogP contribution < -0.4 is 5.48 Å². The summed E-state index contributed by atoms with van der Waals surface area (Å²) in [5, 5.41) is 9.07. The third-order valence-electron chi connectivity index (χ3n) is 2.63. The van der Waals surface area contributed by atoms with Crippen molar-refractivity contribution in [1.29, 1.82) is 0 Å². The molecule has 0 radical (unpaired) electrons. The summed E-state index contributed by atoms with van der Waals surface area (Å²) in [7, 11) is 0. The average Bonchev–Trinajstić information content (AvgIpc) is 2.46. The van der Waals surface area contributed by atoms with Gasteiger partial charge in [0.2, 0.25) is 0 Å². The molecule has 0 aliphatic rings. The summed E-state index contributed by atoms with van der Waals surface area (Å²) in [6.45, 7) is 0. The van der Waals surface area contributed by atoms with Crippen LogP contribution in [0, 0.1) is 0 Å². The third-order valence-corrected chi connectivity index (χ3v) is 2.88. The average molecular weight is 274 g/mol. The quantitative estimate of drug-likeness (QED) is 0.511. The Kier molecular flexibility index (Phi) is 4.34. The smallest absolute Gasteiger partial charge is 0.267 e. The summed E-state index contributed by atoms with van der Waals surface area (Å²) in [5.41, 5.74) is 4.56. The second-order valence-corrected chi connectivity index (χ2v) is 4.37. The van der Waals surface area contributed by atoms with E-state index in [4.69, 9.17) is 16.8 Å². The van der Waals surface area contributed by atoms with Crippen LogP contribution in [0.5, 0.6) is 0 Å². The molecule has 0 aromatic heterocycles. The van der Waals surface area contributed by atoms with Crippen LogP contribution in [-0.2, 0) is 4.79 Å². The van der Waals surface area contributed by atoms with Crippen molar-refractivity contribution in [2.24, 2.45) is 0 Å². The van der Waals surface area contributed by atoms with E-state index in [0.717, 1.165) is 16.7 Å². The second kappa shape index (κ2) is 6.18. The van der Waals surface area contributed by atoms with Gasteiger partial charge in [-0.1, -0.05) is 48.0 Å². The van der Waals surface area contributed by atoms with Crippen molar-refractivity contribution in [3.8, 4) is 11.1 Å². The van der Waals surface area contributed by atoms with E-state index in [1.165, 1.54) is 11.6 Å². The van der Waals surface area contributed by atoms with E-state index in [2.05, 4.69) is 0 Å². The van der Waals surface area contributed by atoms with Gasteiger partial charge >= 0.3 is 0 Å². The molecule has 0 unspecified atom stereocenters. The summed E-state index contributed by atoms with van der Waals surface area (Å²) in [6.07, 6.45) is 2.88. The summed E-state index contributed by atoms with van der Waals surface area (Å²) in [4.78, 5) is 10.8. The highest BCUT2D eigenvalue weighted by atomic mass is 35.5. The molecule has 96 valence electrons. The minimum absolute atomic E-state index is 0.554. The maximum atomic E-state index is 10.8. The first kappa shape index (κ1) is 13.3. The van der Waals surface area contributed by atoms with Gasteiger partial charge in [0.05, 0.1) is 0 Å². The molecule has 0 saturated heterocycles. The Morgan fingerprint density at radius 2 is 1.53 bits per heavy atom. The Bertz CT molecular complexity index is 589. The number of halogens is 1. The van der Waals surface area contributed by atoms with E-state index < -0.39 is 5.91 Å². The van der Waals surface area contributed by atoms with Gasteiger partial charge in [-0.3, -0.25) is 10.0 Å². The topological polar surface area (TPSA) is 49.3 Å². The molecule has 0 spiro atoms. The van der Waals surface area contributed by atoms with Gasteiger partial charge in [0, 0.05) is 11.1 Å². The van der Waals surface area contributed by atoms with Crippen molar-refractivity contribution in [3.05, 3.63) is 65.2 Å². The molecule has 0 saturated carbocycles. The Balaban J connectivity index is 2.16. The van der Waals surface area contributed by atoms with E-state index in [-0.39, 0.29) is 0 Å². The molecule has 2 aromatic carbocycles. The van der Waals surface area contributed by atoms with E-state index in [0.29, 0.717) is 5.02 Å². The van der Waals surface area contributed by atoms with Gasteiger partial charge in [-0.15, -0.1) is 0 Å². The molecule has 2 rings (SSSR count). The monoisotopic (exact) mass is 273 g/mol. The standard InChI is InChI=1S/C15H12ClNO2/c16-14-8-6-13(7-9-14)12-4-1-11(2-5-12)3-10-15(18)17-19/h1-10,19H,(H,17,18)/b10-3+. The molecule has 2 N–H and O–H groups in total. The van der Waals surface area contributed by atoms with Crippen LogP contribution in [0.25, 0.3) is 17.2 Å². The molecule has 0 atom stereocenters. The van der Waals surface area contributed by atoms with Crippen molar-refractivity contribution < 1.29 is 10.0 Å². The highest BCUT2D eigenvalue weighted by molar-refractivity contribution is 6.30. The number of hydrogen-bond acceptors (Lipinski definition) is 2. The zero-order valence-corrected chi connectivity index (χ0v) is 10.8. The lowest BCUT2D eigenvalue weighted by molar-refractivity contribution is -0.124. The van der Waals surface area contributed by atoms with Gasteiger partial charge < -0.3 is 0 Å². The van der Waals surface area contributed by atoms with Crippen LogP contribution >= 0.6 is 11.6 Å².